The van der Waals surface area contributed by atoms with Crippen molar-refractivity contribution in [1.82, 2.24) is 15.3 Å². The summed E-state index contributed by atoms with van der Waals surface area (Å²) in [4.78, 5) is 25.5. The third-order valence-electron chi connectivity index (χ3n) is 4.94. The fourth-order valence-electron chi connectivity index (χ4n) is 3.31. The molecule has 4 rings (SSSR count). The average Bonchev–Trinajstić information content (AvgIpc) is 3.31. The standard InChI is InChI=1S/C21H22FN5O3/c1-29-20-18(19(28)23-13-17-3-2-12-30-17)14-24-21(25-20)27-10-8-26(9-11-27)16-6-4-15(22)5-7-16/h2-7,12,14H,8-11,13H2,1H3,(H,23,28). The van der Waals surface area contributed by atoms with Crippen LogP contribution in [0.4, 0.5) is 16.0 Å². The van der Waals surface area contributed by atoms with Crippen molar-refractivity contribution >= 4 is 17.5 Å². The maximum atomic E-state index is 13.1. The summed E-state index contributed by atoms with van der Waals surface area (Å²) in [5, 5.41) is 2.76. The second kappa shape index (κ2) is 8.81. The predicted octanol–water partition coefficient (Wildman–Crippen LogP) is 2.47. The number of anilines is 2. The van der Waals surface area contributed by atoms with Gasteiger partial charge in [-0.05, 0) is 36.4 Å². The summed E-state index contributed by atoms with van der Waals surface area (Å²) in [5.41, 5.74) is 1.25. The number of nitrogens with zero attached hydrogens (tertiary/aromatic N) is 4. The first-order valence-corrected chi connectivity index (χ1v) is 9.61. The Balaban J connectivity index is 1.40. The van der Waals surface area contributed by atoms with E-state index in [2.05, 4.69) is 20.2 Å². The smallest absolute Gasteiger partial charge is 0.258 e. The Hall–Kier alpha value is -3.62. The number of methoxy groups -OCH3 is 1. The number of hydrogen-bond acceptors (Lipinski definition) is 7. The van der Waals surface area contributed by atoms with E-state index in [1.54, 1.807) is 30.5 Å². The molecular weight excluding hydrogens is 389 g/mol. The van der Waals surface area contributed by atoms with Crippen LogP contribution in [0.15, 0.2) is 53.3 Å². The zero-order valence-corrected chi connectivity index (χ0v) is 16.5. The lowest BCUT2D eigenvalue weighted by molar-refractivity contribution is 0.0944. The van der Waals surface area contributed by atoms with Crippen LogP contribution in [0.1, 0.15) is 16.1 Å². The number of halogens is 1. The van der Waals surface area contributed by atoms with Gasteiger partial charge >= 0.3 is 0 Å². The summed E-state index contributed by atoms with van der Waals surface area (Å²) in [7, 11) is 1.47. The van der Waals surface area contributed by atoms with E-state index in [1.165, 1.54) is 25.4 Å². The number of hydrogen-bond donors (Lipinski definition) is 1. The molecule has 0 atom stereocenters. The van der Waals surface area contributed by atoms with Crippen molar-refractivity contribution in [2.75, 3.05) is 43.1 Å². The van der Waals surface area contributed by atoms with Crippen LogP contribution in [-0.4, -0.2) is 49.2 Å². The number of amides is 1. The van der Waals surface area contributed by atoms with Gasteiger partial charge in [-0.3, -0.25) is 4.79 Å². The maximum Gasteiger partial charge on any atom is 0.258 e. The van der Waals surface area contributed by atoms with E-state index in [9.17, 15) is 9.18 Å². The molecule has 3 heterocycles. The van der Waals surface area contributed by atoms with Gasteiger partial charge in [0.25, 0.3) is 5.91 Å². The summed E-state index contributed by atoms with van der Waals surface area (Å²) in [6, 6.07) is 10.0. The zero-order valence-electron chi connectivity index (χ0n) is 16.5. The van der Waals surface area contributed by atoms with Crippen molar-refractivity contribution in [3.63, 3.8) is 0 Å². The minimum atomic E-state index is -0.337. The monoisotopic (exact) mass is 411 g/mol. The number of aromatic nitrogens is 2. The quantitative estimate of drug-likeness (QED) is 0.667. The molecule has 0 aliphatic carbocycles. The molecule has 9 heteroatoms. The Morgan fingerprint density at radius 3 is 2.57 bits per heavy atom. The van der Waals surface area contributed by atoms with Gasteiger partial charge in [0.2, 0.25) is 11.8 Å². The number of furan rings is 1. The van der Waals surface area contributed by atoms with E-state index in [0.29, 0.717) is 24.8 Å². The fourth-order valence-corrected chi connectivity index (χ4v) is 3.31. The average molecular weight is 411 g/mol. The molecule has 1 fully saturated rings. The van der Waals surface area contributed by atoms with Crippen molar-refractivity contribution in [3.8, 4) is 5.88 Å². The highest BCUT2D eigenvalue weighted by atomic mass is 19.1. The highest BCUT2D eigenvalue weighted by molar-refractivity contribution is 5.96. The number of ether oxygens (including phenoxy) is 1. The van der Waals surface area contributed by atoms with Crippen molar-refractivity contribution in [3.05, 3.63) is 66.0 Å². The van der Waals surface area contributed by atoms with E-state index < -0.39 is 0 Å². The Morgan fingerprint density at radius 1 is 1.17 bits per heavy atom. The van der Waals surface area contributed by atoms with Gasteiger partial charge in [-0.1, -0.05) is 0 Å². The molecule has 1 amide bonds. The molecule has 1 aromatic carbocycles. The lowest BCUT2D eigenvalue weighted by Crippen LogP contribution is -2.47. The van der Waals surface area contributed by atoms with Crippen LogP contribution in [0.25, 0.3) is 0 Å². The second-order valence-corrected chi connectivity index (χ2v) is 6.81. The third kappa shape index (κ3) is 4.35. The van der Waals surface area contributed by atoms with Crippen LogP contribution < -0.4 is 19.9 Å². The first-order chi connectivity index (χ1) is 14.6. The SMILES string of the molecule is COc1nc(N2CCN(c3ccc(F)cc3)CC2)ncc1C(=O)NCc1ccco1. The van der Waals surface area contributed by atoms with Crippen LogP contribution in [0.2, 0.25) is 0 Å². The van der Waals surface area contributed by atoms with Gasteiger partial charge in [-0.25, -0.2) is 9.37 Å². The molecule has 156 valence electrons. The van der Waals surface area contributed by atoms with Crippen LogP contribution in [-0.2, 0) is 6.54 Å². The summed E-state index contributed by atoms with van der Waals surface area (Å²) < 4.78 is 23.7. The molecule has 0 radical (unpaired) electrons. The number of carbonyl (C=O) groups is 1. The predicted molar refractivity (Wildman–Crippen MR) is 109 cm³/mol. The van der Waals surface area contributed by atoms with E-state index in [4.69, 9.17) is 9.15 Å². The molecule has 1 saturated heterocycles. The minimum absolute atomic E-state index is 0.220. The first-order valence-electron chi connectivity index (χ1n) is 9.61. The normalized spacial score (nSPS) is 13.9. The van der Waals surface area contributed by atoms with Crippen molar-refractivity contribution in [1.29, 1.82) is 0 Å². The van der Waals surface area contributed by atoms with E-state index >= 15 is 0 Å². The molecule has 30 heavy (non-hydrogen) atoms. The van der Waals surface area contributed by atoms with Crippen molar-refractivity contribution in [2.24, 2.45) is 0 Å². The molecule has 0 spiro atoms. The highest BCUT2D eigenvalue weighted by Crippen LogP contribution is 2.22. The van der Waals surface area contributed by atoms with Crippen molar-refractivity contribution < 1.29 is 18.3 Å². The molecule has 1 aliphatic heterocycles. The number of piperazine rings is 1. The maximum absolute atomic E-state index is 13.1. The number of carbonyl (C=O) groups excluding carboxylic acids is 1. The molecule has 0 bridgehead atoms. The van der Waals surface area contributed by atoms with Gasteiger partial charge in [-0.15, -0.1) is 0 Å². The molecule has 2 aromatic heterocycles. The van der Waals surface area contributed by atoms with E-state index in [1.807, 2.05) is 4.90 Å². The Labute approximate surface area is 173 Å². The summed E-state index contributed by atoms with van der Waals surface area (Å²) in [6.07, 6.45) is 3.03. The van der Waals surface area contributed by atoms with Gasteiger partial charge in [-0.2, -0.15) is 4.98 Å². The van der Waals surface area contributed by atoms with Crippen LogP contribution >= 0.6 is 0 Å². The molecule has 3 aromatic rings. The lowest BCUT2D eigenvalue weighted by atomic mass is 10.2. The second-order valence-electron chi connectivity index (χ2n) is 6.81. The van der Waals surface area contributed by atoms with Gasteiger partial charge in [0.1, 0.15) is 17.1 Å². The zero-order chi connectivity index (χ0) is 20.9. The van der Waals surface area contributed by atoms with Gasteiger partial charge < -0.3 is 24.3 Å². The minimum Gasteiger partial charge on any atom is -0.480 e. The highest BCUT2D eigenvalue weighted by Gasteiger charge is 2.22. The van der Waals surface area contributed by atoms with Crippen LogP contribution in [0.5, 0.6) is 5.88 Å². The molecular formula is C21H22FN5O3. The molecule has 8 nitrogen and oxygen atoms in total. The topological polar surface area (TPSA) is 83.7 Å². The number of benzene rings is 1. The lowest BCUT2D eigenvalue weighted by Gasteiger charge is -2.36. The van der Waals surface area contributed by atoms with Crippen LogP contribution in [0, 0.1) is 5.82 Å². The number of nitrogens with one attached hydrogen (secondary N) is 1. The van der Waals surface area contributed by atoms with E-state index in [-0.39, 0.29) is 29.7 Å². The Bertz CT molecular complexity index is 986. The van der Waals surface area contributed by atoms with Gasteiger partial charge in [0, 0.05) is 38.1 Å². The summed E-state index contributed by atoms with van der Waals surface area (Å²) in [6.45, 7) is 3.17. The van der Waals surface area contributed by atoms with Crippen molar-refractivity contribution in [2.45, 2.75) is 6.54 Å². The molecule has 1 aliphatic rings. The number of rotatable bonds is 6. The summed E-state index contributed by atoms with van der Waals surface area (Å²) in [5.74, 6) is 0.798. The molecule has 0 unspecified atom stereocenters. The van der Waals surface area contributed by atoms with Gasteiger partial charge in [0.15, 0.2) is 0 Å². The largest absolute Gasteiger partial charge is 0.480 e. The summed E-state index contributed by atoms with van der Waals surface area (Å²) >= 11 is 0. The van der Waals surface area contributed by atoms with Crippen LogP contribution in [0.3, 0.4) is 0 Å². The third-order valence-corrected chi connectivity index (χ3v) is 4.94. The molecule has 0 saturated carbocycles. The first kappa shape index (κ1) is 19.7. The Morgan fingerprint density at radius 2 is 1.90 bits per heavy atom. The van der Waals surface area contributed by atoms with Gasteiger partial charge in [0.05, 0.1) is 19.9 Å². The molecule has 1 N–H and O–H groups in total. The van der Waals surface area contributed by atoms with E-state index in [0.717, 1.165) is 18.8 Å². The fraction of sp³-hybridized carbons (Fsp3) is 0.286. The Kier molecular flexibility index (Phi) is 5.78.